The van der Waals surface area contributed by atoms with Gasteiger partial charge in [-0.25, -0.2) is 9.80 Å². The quantitative estimate of drug-likeness (QED) is 0.404. The third-order valence-corrected chi connectivity index (χ3v) is 5.23. The molecule has 4 rings (SSSR count). The number of para-hydroxylation sites is 1. The summed E-state index contributed by atoms with van der Waals surface area (Å²) in [6.07, 6.45) is 0.234. The summed E-state index contributed by atoms with van der Waals surface area (Å²) >= 11 is 0. The maximum absolute atomic E-state index is 12.8. The number of carbonyl (C=O) groups is 5. The second-order valence-electron chi connectivity index (χ2n) is 7.68. The minimum absolute atomic E-state index is 0.102. The Morgan fingerprint density at radius 2 is 1.51 bits per heavy atom. The number of hydrogen-bond acceptors (Lipinski definition) is 6. The fraction of sp³-hybridized carbons (Fsp3) is 0.115. The van der Waals surface area contributed by atoms with E-state index in [1.165, 1.54) is 24.3 Å². The summed E-state index contributed by atoms with van der Waals surface area (Å²) in [5.41, 5.74) is 4.13. The van der Waals surface area contributed by atoms with Gasteiger partial charge in [0.25, 0.3) is 5.91 Å². The number of amides is 3. The molecule has 176 valence electrons. The van der Waals surface area contributed by atoms with Crippen molar-refractivity contribution in [3.8, 4) is 0 Å². The van der Waals surface area contributed by atoms with E-state index in [-0.39, 0.29) is 36.0 Å². The van der Waals surface area contributed by atoms with E-state index in [2.05, 4.69) is 10.7 Å². The van der Waals surface area contributed by atoms with Gasteiger partial charge in [-0.2, -0.15) is 0 Å². The molecule has 1 fully saturated rings. The van der Waals surface area contributed by atoms with Gasteiger partial charge >= 0.3 is 5.97 Å². The van der Waals surface area contributed by atoms with E-state index >= 15 is 0 Å². The lowest BCUT2D eigenvalue weighted by atomic mass is 10.0. The van der Waals surface area contributed by atoms with Crippen molar-refractivity contribution in [2.45, 2.75) is 12.8 Å². The Morgan fingerprint density at radius 1 is 0.829 bits per heavy atom. The van der Waals surface area contributed by atoms with Gasteiger partial charge in [0.05, 0.1) is 16.9 Å². The van der Waals surface area contributed by atoms with Crippen molar-refractivity contribution in [1.82, 2.24) is 5.43 Å². The lowest BCUT2D eigenvalue weighted by Crippen LogP contribution is -2.50. The van der Waals surface area contributed by atoms with Crippen LogP contribution in [0, 0.1) is 0 Å². The van der Waals surface area contributed by atoms with Crippen molar-refractivity contribution in [1.29, 1.82) is 0 Å². The van der Waals surface area contributed by atoms with Gasteiger partial charge in [-0.15, -0.1) is 0 Å². The smallest absolute Gasteiger partial charge is 0.338 e. The molecule has 0 spiro atoms. The predicted octanol–water partition coefficient (Wildman–Crippen LogP) is 2.87. The summed E-state index contributed by atoms with van der Waals surface area (Å²) in [4.78, 5) is 61.1. The van der Waals surface area contributed by atoms with E-state index < -0.39 is 18.5 Å². The number of hydrazine groups is 1. The van der Waals surface area contributed by atoms with Crippen LogP contribution in [0.4, 0.5) is 11.4 Å². The Bertz CT molecular complexity index is 1290. The monoisotopic (exact) mass is 471 g/mol. The number of nitrogens with one attached hydrogen (secondary N) is 2. The van der Waals surface area contributed by atoms with Crippen LogP contribution in [0.2, 0.25) is 0 Å². The van der Waals surface area contributed by atoms with E-state index in [0.717, 1.165) is 5.01 Å². The van der Waals surface area contributed by atoms with Crippen molar-refractivity contribution < 1.29 is 28.7 Å². The van der Waals surface area contributed by atoms with E-state index in [1.54, 1.807) is 54.6 Å². The van der Waals surface area contributed by atoms with Crippen molar-refractivity contribution >= 4 is 40.8 Å². The first-order valence-electron chi connectivity index (χ1n) is 10.8. The molecule has 1 aliphatic heterocycles. The Morgan fingerprint density at radius 3 is 2.26 bits per heavy atom. The van der Waals surface area contributed by atoms with Crippen molar-refractivity contribution in [3.63, 3.8) is 0 Å². The first-order valence-corrected chi connectivity index (χ1v) is 10.8. The standard InChI is InChI=1S/C26H21N3O6/c30-22-14-15-24(32)29(28-22)19-12-10-18(11-13-19)26(34)35-16-23(31)27-21-9-5-4-8-20(21)25(33)17-6-2-1-3-7-17/h1-13H,14-16H2,(H,27,31)(H,28,30). The third-order valence-electron chi connectivity index (χ3n) is 5.23. The maximum atomic E-state index is 12.8. The van der Waals surface area contributed by atoms with Gasteiger partial charge < -0.3 is 10.1 Å². The second-order valence-corrected chi connectivity index (χ2v) is 7.68. The fourth-order valence-electron chi connectivity index (χ4n) is 3.47. The van der Waals surface area contributed by atoms with Gasteiger partial charge in [0, 0.05) is 24.0 Å². The predicted molar refractivity (Wildman–Crippen MR) is 127 cm³/mol. The van der Waals surface area contributed by atoms with Crippen LogP contribution in [0.15, 0.2) is 78.9 Å². The molecule has 3 aromatic rings. The van der Waals surface area contributed by atoms with Gasteiger partial charge in [0.2, 0.25) is 11.8 Å². The molecule has 0 aromatic heterocycles. The van der Waals surface area contributed by atoms with Gasteiger partial charge in [0.1, 0.15) is 0 Å². The van der Waals surface area contributed by atoms with Crippen LogP contribution < -0.4 is 15.8 Å². The number of esters is 1. The summed E-state index contributed by atoms with van der Waals surface area (Å²) in [5.74, 6) is -2.13. The highest BCUT2D eigenvalue weighted by atomic mass is 16.5. The Balaban J connectivity index is 1.36. The number of ether oxygens (including phenoxy) is 1. The minimum atomic E-state index is -0.741. The van der Waals surface area contributed by atoms with Gasteiger partial charge in [-0.05, 0) is 36.4 Å². The van der Waals surface area contributed by atoms with Crippen LogP contribution >= 0.6 is 0 Å². The van der Waals surface area contributed by atoms with Crippen LogP contribution in [0.3, 0.4) is 0 Å². The summed E-state index contributed by atoms with van der Waals surface area (Å²) < 4.78 is 5.08. The molecule has 0 unspecified atom stereocenters. The molecule has 9 nitrogen and oxygen atoms in total. The van der Waals surface area contributed by atoms with Crippen LogP contribution in [0.1, 0.15) is 39.1 Å². The zero-order chi connectivity index (χ0) is 24.8. The van der Waals surface area contributed by atoms with Crippen molar-refractivity contribution in [2.24, 2.45) is 0 Å². The van der Waals surface area contributed by atoms with E-state index in [4.69, 9.17) is 4.74 Å². The third kappa shape index (κ3) is 5.59. The first kappa shape index (κ1) is 23.4. The number of benzene rings is 3. The Hall–Kier alpha value is -4.79. The molecule has 9 heteroatoms. The van der Waals surface area contributed by atoms with Gasteiger partial charge in [0.15, 0.2) is 12.4 Å². The number of carbonyl (C=O) groups excluding carboxylic acids is 5. The zero-order valence-electron chi connectivity index (χ0n) is 18.5. The van der Waals surface area contributed by atoms with Crippen molar-refractivity contribution in [2.75, 3.05) is 16.9 Å². The SMILES string of the molecule is O=C(COC(=O)c1ccc(N2NC(=O)CCC2=O)cc1)Nc1ccccc1C(=O)c1ccccc1. The van der Waals surface area contributed by atoms with E-state index in [0.29, 0.717) is 22.5 Å². The number of rotatable bonds is 7. The highest BCUT2D eigenvalue weighted by Crippen LogP contribution is 2.20. The first-order chi connectivity index (χ1) is 16.9. The Labute approximate surface area is 200 Å². The molecule has 0 aliphatic carbocycles. The molecular formula is C26H21N3O6. The lowest BCUT2D eigenvalue weighted by molar-refractivity contribution is -0.130. The van der Waals surface area contributed by atoms with Crippen molar-refractivity contribution in [3.05, 3.63) is 95.6 Å². The molecule has 0 radical (unpaired) electrons. The lowest BCUT2D eigenvalue weighted by Gasteiger charge is -2.27. The summed E-state index contributed by atoms with van der Waals surface area (Å²) in [7, 11) is 0. The van der Waals surface area contributed by atoms with Crippen LogP contribution in [0.5, 0.6) is 0 Å². The van der Waals surface area contributed by atoms with Gasteiger partial charge in [-0.3, -0.25) is 24.6 Å². The summed E-state index contributed by atoms with van der Waals surface area (Å²) in [6, 6.07) is 21.1. The maximum Gasteiger partial charge on any atom is 0.338 e. The fourth-order valence-corrected chi connectivity index (χ4v) is 3.47. The molecular weight excluding hydrogens is 450 g/mol. The van der Waals surface area contributed by atoms with Gasteiger partial charge in [-0.1, -0.05) is 42.5 Å². The second kappa shape index (κ2) is 10.4. The van der Waals surface area contributed by atoms with Crippen LogP contribution in [-0.2, 0) is 19.1 Å². The molecule has 0 bridgehead atoms. The molecule has 2 N–H and O–H groups in total. The molecule has 3 aromatic carbocycles. The molecule has 3 amide bonds. The number of anilines is 2. The summed E-state index contributed by atoms with van der Waals surface area (Å²) in [6.45, 7) is -0.560. The Kier molecular flexibility index (Phi) is 6.96. The van der Waals surface area contributed by atoms with E-state index in [1.807, 2.05) is 0 Å². The number of hydrogen-bond donors (Lipinski definition) is 2. The normalized spacial score (nSPS) is 13.1. The molecule has 0 saturated carbocycles. The highest BCUT2D eigenvalue weighted by Gasteiger charge is 2.24. The molecule has 1 aliphatic rings. The molecule has 35 heavy (non-hydrogen) atoms. The molecule has 1 heterocycles. The number of ketones is 1. The van der Waals surface area contributed by atoms with E-state index in [9.17, 15) is 24.0 Å². The minimum Gasteiger partial charge on any atom is -0.452 e. The average molecular weight is 471 g/mol. The van der Waals surface area contributed by atoms with Crippen LogP contribution in [0.25, 0.3) is 0 Å². The highest BCUT2D eigenvalue weighted by molar-refractivity contribution is 6.14. The molecule has 0 atom stereocenters. The average Bonchev–Trinajstić information content (AvgIpc) is 2.89. The number of nitrogens with zero attached hydrogens (tertiary/aromatic N) is 1. The topological polar surface area (TPSA) is 122 Å². The molecule has 1 saturated heterocycles. The summed E-state index contributed by atoms with van der Waals surface area (Å²) in [5, 5.41) is 3.74. The van der Waals surface area contributed by atoms with Crippen LogP contribution in [-0.4, -0.2) is 36.1 Å². The largest absolute Gasteiger partial charge is 0.452 e. The zero-order valence-corrected chi connectivity index (χ0v) is 18.5.